The Hall–Kier alpha value is -1.13. The average Bonchev–Trinajstić information content (AvgIpc) is 3.04. The van der Waals surface area contributed by atoms with E-state index in [4.69, 9.17) is 0 Å². The first-order chi connectivity index (χ1) is 10.9. The SMILES string of the molecule is CC(CP)CC1=C(C(C)(C)C)c2ccc3c4c(ccc1c24)CC3. The molecule has 0 radical (unpaired) electrons. The van der Waals surface area contributed by atoms with E-state index in [9.17, 15) is 0 Å². The van der Waals surface area contributed by atoms with Gasteiger partial charge in [-0.15, -0.1) is 9.24 Å². The Labute approximate surface area is 142 Å². The monoisotopic (exact) mass is 322 g/mol. The molecule has 1 heteroatoms. The van der Waals surface area contributed by atoms with Gasteiger partial charge in [-0.3, -0.25) is 0 Å². The van der Waals surface area contributed by atoms with E-state index in [2.05, 4.69) is 61.2 Å². The predicted molar refractivity (Wildman–Crippen MR) is 106 cm³/mol. The lowest BCUT2D eigenvalue weighted by atomic mass is 9.79. The highest BCUT2D eigenvalue weighted by molar-refractivity contribution is 7.16. The Morgan fingerprint density at radius 1 is 0.957 bits per heavy atom. The van der Waals surface area contributed by atoms with Gasteiger partial charge in [-0.25, -0.2) is 0 Å². The molecule has 0 N–H and O–H groups in total. The van der Waals surface area contributed by atoms with Crippen LogP contribution in [-0.4, -0.2) is 6.16 Å². The van der Waals surface area contributed by atoms with E-state index in [1.165, 1.54) is 36.6 Å². The second-order valence-electron chi connectivity index (χ2n) is 8.44. The predicted octanol–water partition coefficient (Wildman–Crippen LogP) is 6.11. The summed E-state index contributed by atoms with van der Waals surface area (Å²) in [6, 6.07) is 9.62. The van der Waals surface area contributed by atoms with Gasteiger partial charge in [0.15, 0.2) is 0 Å². The fraction of sp³-hybridized carbons (Fsp3) is 0.455. The third-order valence-electron chi connectivity index (χ3n) is 5.60. The maximum absolute atomic E-state index is 2.92. The van der Waals surface area contributed by atoms with Crippen molar-refractivity contribution in [3.63, 3.8) is 0 Å². The quantitative estimate of drug-likeness (QED) is 0.598. The van der Waals surface area contributed by atoms with Gasteiger partial charge in [0.25, 0.3) is 0 Å². The fourth-order valence-corrected chi connectivity index (χ4v) is 4.75. The number of hydrogen-bond acceptors (Lipinski definition) is 0. The van der Waals surface area contributed by atoms with E-state index in [1.807, 2.05) is 0 Å². The highest BCUT2D eigenvalue weighted by Crippen LogP contribution is 2.53. The van der Waals surface area contributed by atoms with Crippen molar-refractivity contribution in [3.8, 4) is 0 Å². The van der Waals surface area contributed by atoms with Crippen LogP contribution in [0.3, 0.4) is 0 Å². The van der Waals surface area contributed by atoms with Crippen molar-refractivity contribution >= 4 is 31.2 Å². The molecule has 0 heterocycles. The summed E-state index contributed by atoms with van der Waals surface area (Å²) in [6.07, 6.45) is 4.80. The van der Waals surface area contributed by atoms with Crippen LogP contribution in [0, 0.1) is 11.3 Å². The van der Waals surface area contributed by atoms with Crippen molar-refractivity contribution in [2.24, 2.45) is 11.3 Å². The summed E-state index contributed by atoms with van der Waals surface area (Å²) >= 11 is 0. The van der Waals surface area contributed by atoms with Crippen molar-refractivity contribution in [3.05, 3.63) is 46.5 Å². The maximum atomic E-state index is 2.92. The second-order valence-corrected chi connectivity index (χ2v) is 8.91. The molecule has 2 aliphatic rings. The molecular weight excluding hydrogens is 295 g/mol. The van der Waals surface area contributed by atoms with Gasteiger partial charge in [-0.1, -0.05) is 52.0 Å². The second kappa shape index (κ2) is 5.18. The van der Waals surface area contributed by atoms with Crippen LogP contribution in [0.5, 0.6) is 0 Å². The summed E-state index contributed by atoms with van der Waals surface area (Å²) in [6.45, 7) is 9.50. The van der Waals surface area contributed by atoms with Crippen LogP contribution < -0.4 is 0 Å². The highest BCUT2D eigenvalue weighted by Gasteiger charge is 2.33. The topological polar surface area (TPSA) is 0 Å². The number of aryl methyl sites for hydroxylation is 2. The number of benzene rings is 2. The number of allylic oxidation sites excluding steroid dienone is 2. The normalized spacial score (nSPS) is 17.4. The van der Waals surface area contributed by atoms with E-state index in [0.29, 0.717) is 5.92 Å². The third kappa shape index (κ3) is 2.22. The average molecular weight is 322 g/mol. The molecule has 0 aliphatic heterocycles. The van der Waals surface area contributed by atoms with E-state index >= 15 is 0 Å². The van der Waals surface area contributed by atoms with Gasteiger partial charge in [0.2, 0.25) is 0 Å². The summed E-state index contributed by atoms with van der Waals surface area (Å²) in [5, 5.41) is 3.14. The smallest absolute Gasteiger partial charge is 0.00274 e. The highest BCUT2D eigenvalue weighted by atomic mass is 31.0. The molecule has 2 atom stereocenters. The van der Waals surface area contributed by atoms with Crippen molar-refractivity contribution in [1.82, 2.24) is 0 Å². The Kier molecular flexibility index (Phi) is 3.47. The summed E-state index contributed by atoms with van der Waals surface area (Å²) in [7, 11) is 2.92. The van der Waals surface area contributed by atoms with Crippen LogP contribution in [-0.2, 0) is 12.8 Å². The van der Waals surface area contributed by atoms with E-state index in [0.717, 1.165) is 0 Å². The van der Waals surface area contributed by atoms with E-state index in [-0.39, 0.29) is 5.41 Å². The van der Waals surface area contributed by atoms with Crippen LogP contribution in [0.15, 0.2) is 24.3 Å². The Balaban J connectivity index is 2.03. The molecule has 0 fully saturated rings. The summed E-state index contributed by atoms with van der Waals surface area (Å²) < 4.78 is 0. The Morgan fingerprint density at radius 3 is 2.13 bits per heavy atom. The summed E-state index contributed by atoms with van der Waals surface area (Å²) in [4.78, 5) is 0. The minimum atomic E-state index is 0.192. The van der Waals surface area contributed by atoms with Crippen molar-refractivity contribution in [2.75, 3.05) is 6.16 Å². The van der Waals surface area contributed by atoms with Crippen molar-refractivity contribution in [1.29, 1.82) is 0 Å². The van der Waals surface area contributed by atoms with Crippen LogP contribution in [0.25, 0.3) is 21.9 Å². The minimum absolute atomic E-state index is 0.192. The molecule has 2 aromatic carbocycles. The summed E-state index contributed by atoms with van der Waals surface area (Å²) in [5.74, 6) is 0.709. The lowest BCUT2D eigenvalue weighted by Crippen LogP contribution is -2.09. The fourth-order valence-electron chi connectivity index (χ4n) is 4.59. The molecule has 23 heavy (non-hydrogen) atoms. The van der Waals surface area contributed by atoms with Crippen LogP contribution >= 0.6 is 9.24 Å². The molecule has 2 unspecified atom stereocenters. The molecular formula is C22H27P. The molecule has 0 nitrogen and oxygen atoms in total. The molecule has 0 saturated heterocycles. The first-order valence-electron chi connectivity index (χ1n) is 8.93. The van der Waals surface area contributed by atoms with Gasteiger partial charge in [-0.2, -0.15) is 0 Å². The zero-order valence-corrected chi connectivity index (χ0v) is 15.9. The number of hydrogen-bond donors (Lipinski definition) is 0. The van der Waals surface area contributed by atoms with Crippen molar-refractivity contribution in [2.45, 2.75) is 47.0 Å². The molecule has 0 spiro atoms. The van der Waals surface area contributed by atoms with Gasteiger partial charge < -0.3 is 0 Å². The molecule has 120 valence electrons. The van der Waals surface area contributed by atoms with Gasteiger partial charge in [0, 0.05) is 0 Å². The van der Waals surface area contributed by atoms with Crippen molar-refractivity contribution < 1.29 is 0 Å². The number of rotatable bonds is 3. The lowest BCUT2D eigenvalue weighted by Gasteiger charge is -2.25. The molecule has 4 rings (SSSR count). The molecule has 2 aromatic rings. The zero-order valence-electron chi connectivity index (χ0n) is 14.8. The molecule has 0 aromatic heterocycles. The Morgan fingerprint density at radius 2 is 1.57 bits per heavy atom. The Bertz CT molecular complexity index is 823. The standard InChI is InChI=1S/C22H27P/c1-13(12-23)11-18-16-9-7-14-5-6-15-8-10-17(20(16)19(14)15)21(18)22(2,3)4/h7-10,13H,5-6,11-12,23H2,1-4H3. The zero-order chi connectivity index (χ0) is 16.4. The van der Waals surface area contributed by atoms with E-state index in [1.54, 1.807) is 33.0 Å². The van der Waals surface area contributed by atoms with Crippen LogP contribution in [0.4, 0.5) is 0 Å². The molecule has 2 aliphatic carbocycles. The lowest BCUT2D eigenvalue weighted by molar-refractivity contribution is 0.566. The first kappa shape index (κ1) is 15.4. The first-order valence-corrected chi connectivity index (χ1v) is 9.75. The largest absolute Gasteiger partial charge is 0.137 e. The maximum Gasteiger partial charge on any atom is -0.00274 e. The minimum Gasteiger partial charge on any atom is -0.137 e. The van der Waals surface area contributed by atoms with Gasteiger partial charge in [-0.05, 0) is 80.9 Å². The van der Waals surface area contributed by atoms with Gasteiger partial charge in [0.1, 0.15) is 0 Å². The molecule has 0 amide bonds. The van der Waals surface area contributed by atoms with E-state index < -0.39 is 0 Å². The molecule has 0 bridgehead atoms. The van der Waals surface area contributed by atoms with Crippen LogP contribution in [0.2, 0.25) is 0 Å². The summed E-state index contributed by atoms with van der Waals surface area (Å²) in [5.41, 5.74) is 9.56. The van der Waals surface area contributed by atoms with Crippen LogP contribution in [0.1, 0.15) is 56.4 Å². The third-order valence-corrected chi connectivity index (χ3v) is 6.40. The molecule has 0 saturated carbocycles. The van der Waals surface area contributed by atoms with Gasteiger partial charge >= 0.3 is 0 Å². The van der Waals surface area contributed by atoms with Gasteiger partial charge in [0.05, 0.1) is 0 Å².